The highest BCUT2D eigenvalue weighted by molar-refractivity contribution is 7.99. The summed E-state index contributed by atoms with van der Waals surface area (Å²) in [6.07, 6.45) is 8.04. The minimum atomic E-state index is 0.0269. The van der Waals surface area contributed by atoms with E-state index in [9.17, 15) is 4.79 Å². The van der Waals surface area contributed by atoms with Crippen LogP contribution < -0.4 is 10.6 Å². The number of hydrogen-bond donors (Lipinski definition) is 2. The number of carbonyl (C=O) groups excluding carboxylic acids is 1. The lowest BCUT2D eigenvalue weighted by atomic mass is 10.0. The molecule has 0 spiro atoms. The van der Waals surface area contributed by atoms with Crippen LogP contribution in [-0.4, -0.2) is 30.8 Å². The molecule has 22 heavy (non-hydrogen) atoms. The van der Waals surface area contributed by atoms with Crippen molar-refractivity contribution in [1.29, 1.82) is 0 Å². The fraction of sp³-hybridized carbons (Fsp3) is 0.611. The van der Waals surface area contributed by atoms with E-state index in [1.807, 2.05) is 12.1 Å². The fourth-order valence-corrected chi connectivity index (χ4v) is 4.68. The molecule has 120 valence electrons. The van der Waals surface area contributed by atoms with Gasteiger partial charge >= 0.3 is 0 Å². The van der Waals surface area contributed by atoms with Crippen molar-refractivity contribution in [3.05, 3.63) is 29.8 Å². The molecule has 1 atom stereocenters. The van der Waals surface area contributed by atoms with Crippen LogP contribution >= 0.6 is 11.8 Å². The zero-order valence-electron chi connectivity index (χ0n) is 13.1. The summed E-state index contributed by atoms with van der Waals surface area (Å²) in [5.74, 6) is 1.08. The molecule has 0 saturated heterocycles. The molecule has 0 aromatic heterocycles. The zero-order chi connectivity index (χ0) is 15.2. The summed E-state index contributed by atoms with van der Waals surface area (Å²) in [5.41, 5.74) is 1.20. The Morgan fingerprint density at radius 2 is 1.86 bits per heavy atom. The second kappa shape index (κ2) is 8.02. The van der Waals surface area contributed by atoms with Crippen molar-refractivity contribution in [2.75, 3.05) is 18.8 Å². The summed E-state index contributed by atoms with van der Waals surface area (Å²) in [4.78, 5) is 13.6. The van der Waals surface area contributed by atoms with Gasteiger partial charge in [0.1, 0.15) is 0 Å². The maximum atomic E-state index is 12.4. The molecule has 2 N–H and O–H groups in total. The van der Waals surface area contributed by atoms with E-state index in [0.717, 1.165) is 18.8 Å². The van der Waals surface area contributed by atoms with Crippen molar-refractivity contribution in [1.82, 2.24) is 10.6 Å². The Labute approximate surface area is 137 Å². The number of thioether (sulfide) groups is 1. The maximum absolute atomic E-state index is 12.4. The summed E-state index contributed by atoms with van der Waals surface area (Å²) in [5, 5.41) is 6.71. The number of benzene rings is 1. The maximum Gasteiger partial charge on any atom is 0.228 e. The van der Waals surface area contributed by atoms with Crippen molar-refractivity contribution in [3.8, 4) is 0 Å². The standard InChI is InChI=1S/C18H26N2OS/c21-18(16-13-22-17-10-6-5-9-15(16)17)20-12-11-19-14-7-3-1-2-4-8-14/h5-6,9-10,14,16,19H,1-4,7-8,11-13H2,(H,20,21). The van der Waals surface area contributed by atoms with E-state index in [1.165, 1.54) is 49.0 Å². The molecule has 1 fully saturated rings. The van der Waals surface area contributed by atoms with Crippen LogP contribution in [0, 0.1) is 0 Å². The molecule has 0 bridgehead atoms. The molecule has 1 aromatic rings. The number of carbonyl (C=O) groups is 1. The Morgan fingerprint density at radius 3 is 2.68 bits per heavy atom. The number of hydrogen-bond acceptors (Lipinski definition) is 3. The molecule has 4 heteroatoms. The molecular weight excluding hydrogens is 292 g/mol. The average Bonchev–Trinajstić information content (AvgIpc) is 2.80. The Hall–Kier alpha value is -1.00. The van der Waals surface area contributed by atoms with Crippen LogP contribution in [0.4, 0.5) is 0 Å². The third-order valence-electron chi connectivity index (χ3n) is 4.73. The molecule has 2 aliphatic rings. The molecule has 3 rings (SSSR count). The molecule has 0 radical (unpaired) electrons. The highest BCUT2D eigenvalue weighted by Crippen LogP contribution is 2.39. The first kappa shape index (κ1) is 15.9. The third kappa shape index (κ3) is 4.05. The lowest BCUT2D eigenvalue weighted by Crippen LogP contribution is -2.38. The minimum Gasteiger partial charge on any atom is -0.354 e. The Kier molecular flexibility index (Phi) is 5.79. The summed E-state index contributed by atoms with van der Waals surface area (Å²) in [6.45, 7) is 1.62. The van der Waals surface area contributed by atoms with Gasteiger partial charge in [0, 0.05) is 29.8 Å². The molecule has 3 nitrogen and oxygen atoms in total. The first-order chi connectivity index (χ1) is 10.8. The van der Waals surface area contributed by atoms with Crippen LogP contribution in [0.15, 0.2) is 29.2 Å². The zero-order valence-corrected chi connectivity index (χ0v) is 14.0. The van der Waals surface area contributed by atoms with Crippen LogP contribution in [0.5, 0.6) is 0 Å². The number of nitrogens with one attached hydrogen (secondary N) is 2. The molecular formula is C18H26N2OS. The predicted molar refractivity (Wildman–Crippen MR) is 92.4 cm³/mol. The fourth-order valence-electron chi connectivity index (χ4n) is 3.45. The average molecular weight is 318 g/mol. The van der Waals surface area contributed by atoms with E-state index in [4.69, 9.17) is 0 Å². The van der Waals surface area contributed by atoms with Gasteiger partial charge < -0.3 is 10.6 Å². The highest BCUT2D eigenvalue weighted by atomic mass is 32.2. The number of rotatable bonds is 5. The molecule has 1 saturated carbocycles. The summed E-state index contributed by atoms with van der Waals surface area (Å²) in [7, 11) is 0. The normalized spacial score (nSPS) is 22.1. The SMILES string of the molecule is O=C(NCCNC1CCCCCC1)C1CSc2ccccc21. The molecule has 1 unspecified atom stereocenters. The van der Waals surface area contributed by atoms with Gasteiger partial charge in [0.25, 0.3) is 0 Å². The largest absolute Gasteiger partial charge is 0.354 e. The van der Waals surface area contributed by atoms with Crippen LogP contribution in [0.3, 0.4) is 0 Å². The van der Waals surface area contributed by atoms with Crippen LogP contribution in [0.25, 0.3) is 0 Å². The minimum absolute atomic E-state index is 0.0269. The van der Waals surface area contributed by atoms with Gasteiger partial charge in [-0.3, -0.25) is 4.79 Å². The van der Waals surface area contributed by atoms with E-state index in [0.29, 0.717) is 6.04 Å². The Bertz CT molecular complexity index is 498. The van der Waals surface area contributed by atoms with Crippen molar-refractivity contribution < 1.29 is 4.79 Å². The predicted octanol–water partition coefficient (Wildman–Crippen LogP) is 3.30. The van der Waals surface area contributed by atoms with Gasteiger partial charge in [-0.25, -0.2) is 0 Å². The summed E-state index contributed by atoms with van der Waals surface area (Å²) in [6, 6.07) is 8.92. The van der Waals surface area contributed by atoms with Crippen LogP contribution in [0.2, 0.25) is 0 Å². The van der Waals surface area contributed by atoms with E-state index < -0.39 is 0 Å². The van der Waals surface area contributed by atoms with E-state index >= 15 is 0 Å². The van der Waals surface area contributed by atoms with Gasteiger partial charge in [-0.15, -0.1) is 11.8 Å². The lowest BCUT2D eigenvalue weighted by molar-refractivity contribution is -0.122. The Balaban J connectivity index is 1.40. The molecule has 1 heterocycles. The summed E-state index contributed by atoms with van der Waals surface area (Å²) >= 11 is 1.79. The van der Waals surface area contributed by atoms with Crippen molar-refractivity contribution in [2.45, 2.75) is 55.4 Å². The van der Waals surface area contributed by atoms with Crippen LogP contribution in [-0.2, 0) is 4.79 Å². The third-order valence-corrected chi connectivity index (χ3v) is 5.91. The van der Waals surface area contributed by atoms with Gasteiger partial charge in [0.2, 0.25) is 5.91 Å². The van der Waals surface area contributed by atoms with Crippen molar-refractivity contribution in [2.24, 2.45) is 0 Å². The molecule has 1 aromatic carbocycles. The van der Waals surface area contributed by atoms with Crippen molar-refractivity contribution in [3.63, 3.8) is 0 Å². The van der Waals surface area contributed by atoms with Gasteiger partial charge in [-0.1, -0.05) is 43.9 Å². The topological polar surface area (TPSA) is 41.1 Å². The van der Waals surface area contributed by atoms with Gasteiger partial charge in [-0.2, -0.15) is 0 Å². The highest BCUT2D eigenvalue weighted by Gasteiger charge is 2.28. The van der Waals surface area contributed by atoms with E-state index in [1.54, 1.807) is 11.8 Å². The smallest absolute Gasteiger partial charge is 0.228 e. The number of fused-ring (bicyclic) bond motifs is 1. The number of amides is 1. The molecule has 1 aliphatic heterocycles. The van der Waals surface area contributed by atoms with Gasteiger partial charge in [-0.05, 0) is 24.5 Å². The second-order valence-corrected chi connectivity index (χ2v) is 7.40. The molecule has 1 amide bonds. The quantitative estimate of drug-likeness (QED) is 0.646. The van der Waals surface area contributed by atoms with Crippen LogP contribution in [0.1, 0.15) is 50.0 Å². The van der Waals surface area contributed by atoms with Crippen molar-refractivity contribution >= 4 is 17.7 Å². The Morgan fingerprint density at radius 1 is 1.09 bits per heavy atom. The molecule has 1 aliphatic carbocycles. The monoisotopic (exact) mass is 318 g/mol. The second-order valence-electron chi connectivity index (χ2n) is 6.34. The lowest BCUT2D eigenvalue weighted by Gasteiger charge is -2.17. The first-order valence-corrected chi connectivity index (χ1v) is 9.56. The first-order valence-electron chi connectivity index (χ1n) is 8.57. The van der Waals surface area contributed by atoms with Gasteiger partial charge in [0.05, 0.1) is 5.92 Å². The summed E-state index contributed by atoms with van der Waals surface area (Å²) < 4.78 is 0. The van der Waals surface area contributed by atoms with E-state index in [2.05, 4.69) is 22.8 Å². The van der Waals surface area contributed by atoms with Gasteiger partial charge in [0.15, 0.2) is 0 Å². The van der Waals surface area contributed by atoms with E-state index in [-0.39, 0.29) is 11.8 Å².